The first-order valence-corrected chi connectivity index (χ1v) is 6.57. The fourth-order valence-corrected chi connectivity index (χ4v) is 2.19. The van der Waals surface area contributed by atoms with Crippen molar-refractivity contribution in [3.63, 3.8) is 0 Å². The maximum absolute atomic E-state index is 5.76. The summed E-state index contributed by atoms with van der Waals surface area (Å²) in [6.45, 7) is 2.88. The molecule has 0 aliphatic carbocycles. The zero-order valence-corrected chi connectivity index (χ0v) is 10.7. The molecule has 2 aromatic heterocycles. The summed E-state index contributed by atoms with van der Waals surface area (Å²) in [6.07, 6.45) is 7.40. The molecule has 1 aliphatic heterocycles. The van der Waals surface area contributed by atoms with Crippen LogP contribution in [0.15, 0.2) is 30.9 Å². The van der Waals surface area contributed by atoms with Gasteiger partial charge in [-0.2, -0.15) is 5.10 Å². The average Bonchev–Trinajstić information content (AvgIpc) is 3.01. The zero-order valence-electron chi connectivity index (χ0n) is 10.7. The van der Waals surface area contributed by atoms with Crippen molar-refractivity contribution in [3.05, 3.63) is 30.9 Å². The summed E-state index contributed by atoms with van der Waals surface area (Å²) in [6, 6.07) is 3.67. The predicted octanol–water partition coefficient (Wildman–Crippen LogP) is 1.04. The van der Waals surface area contributed by atoms with Gasteiger partial charge in [0, 0.05) is 18.5 Å². The molecule has 3 heterocycles. The first kappa shape index (κ1) is 12.1. The van der Waals surface area contributed by atoms with Crippen molar-refractivity contribution < 1.29 is 4.74 Å². The number of piperidine rings is 1. The Kier molecular flexibility index (Phi) is 3.69. The van der Waals surface area contributed by atoms with Crippen LogP contribution in [-0.4, -0.2) is 39.4 Å². The van der Waals surface area contributed by atoms with Crippen LogP contribution in [0.1, 0.15) is 12.8 Å². The lowest BCUT2D eigenvalue weighted by molar-refractivity contribution is 0.208. The van der Waals surface area contributed by atoms with Crippen LogP contribution >= 0.6 is 0 Å². The van der Waals surface area contributed by atoms with Gasteiger partial charge in [-0.1, -0.05) is 0 Å². The maximum Gasteiger partial charge on any atom is 0.218 e. The third kappa shape index (κ3) is 3.08. The average molecular weight is 259 g/mol. The smallest absolute Gasteiger partial charge is 0.218 e. The van der Waals surface area contributed by atoms with E-state index >= 15 is 0 Å². The van der Waals surface area contributed by atoms with Crippen LogP contribution in [0.4, 0.5) is 0 Å². The maximum atomic E-state index is 5.76. The quantitative estimate of drug-likeness (QED) is 0.888. The second-order valence-electron chi connectivity index (χ2n) is 4.67. The SMILES string of the molecule is c1cnn(-c2cc(OCC3CCNCC3)ncn2)c1. The highest BCUT2D eigenvalue weighted by Gasteiger charge is 2.14. The molecule has 1 aliphatic rings. The fourth-order valence-electron chi connectivity index (χ4n) is 2.19. The normalized spacial score (nSPS) is 16.4. The van der Waals surface area contributed by atoms with Crippen LogP contribution in [0.3, 0.4) is 0 Å². The van der Waals surface area contributed by atoms with E-state index < -0.39 is 0 Å². The molecule has 1 saturated heterocycles. The summed E-state index contributed by atoms with van der Waals surface area (Å²) >= 11 is 0. The van der Waals surface area contributed by atoms with Gasteiger partial charge in [-0.25, -0.2) is 14.6 Å². The lowest BCUT2D eigenvalue weighted by Crippen LogP contribution is -2.30. The van der Waals surface area contributed by atoms with Crippen LogP contribution in [-0.2, 0) is 0 Å². The van der Waals surface area contributed by atoms with Crippen molar-refractivity contribution in [2.24, 2.45) is 5.92 Å². The zero-order chi connectivity index (χ0) is 12.9. The van der Waals surface area contributed by atoms with Crippen LogP contribution in [0.2, 0.25) is 0 Å². The molecule has 1 N–H and O–H groups in total. The van der Waals surface area contributed by atoms with Crippen LogP contribution in [0, 0.1) is 5.92 Å². The Morgan fingerprint density at radius 2 is 2.21 bits per heavy atom. The number of nitrogens with one attached hydrogen (secondary N) is 1. The minimum atomic E-state index is 0.610. The lowest BCUT2D eigenvalue weighted by Gasteiger charge is -2.22. The lowest BCUT2D eigenvalue weighted by atomic mass is 9.99. The van der Waals surface area contributed by atoms with E-state index in [4.69, 9.17) is 4.74 Å². The van der Waals surface area contributed by atoms with Gasteiger partial charge in [-0.15, -0.1) is 0 Å². The Bertz CT molecular complexity index is 508. The third-order valence-corrected chi connectivity index (χ3v) is 3.29. The van der Waals surface area contributed by atoms with Gasteiger partial charge in [0.1, 0.15) is 6.33 Å². The number of aromatic nitrogens is 4. The van der Waals surface area contributed by atoms with E-state index in [-0.39, 0.29) is 0 Å². The molecule has 19 heavy (non-hydrogen) atoms. The highest BCUT2D eigenvalue weighted by molar-refractivity contribution is 5.25. The molecular formula is C13H17N5O. The molecule has 0 unspecified atom stereocenters. The van der Waals surface area contributed by atoms with E-state index in [0.717, 1.165) is 38.4 Å². The second-order valence-corrected chi connectivity index (χ2v) is 4.67. The Morgan fingerprint density at radius 1 is 1.32 bits per heavy atom. The summed E-state index contributed by atoms with van der Waals surface area (Å²) < 4.78 is 7.46. The molecule has 3 rings (SSSR count). The molecule has 0 radical (unpaired) electrons. The van der Waals surface area contributed by atoms with Gasteiger partial charge in [0.25, 0.3) is 0 Å². The molecule has 0 saturated carbocycles. The molecule has 0 spiro atoms. The van der Waals surface area contributed by atoms with Gasteiger partial charge in [-0.05, 0) is 37.9 Å². The number of hydrogen-bond acceptors (Lipinski definition) is 5. The Hall–Kier alpha value is -1.95. The molecular weight excluding hydrogens is 242 g/mol. The van der Waals surface area contributed by atoms with Crippen molar-refractivity contribution >= 4 is 0 Å². The fraction of sp³-hybridized carbons (Fsp3) is 0.462. The van der Waals surface area contributed by atoms with Gasteiger partial charge in [0.15, 0.2) is 5.82 Å². The Balaban J connectivity index is 1.63. The first-order chi connectivity index (χ1) is 9.42. The molecule has 1 fully saturated rings. The molecule has 2 aromatic rings. The van der Waals surface area contributed by atoms with Gasteiger partial charge >= 0.3 is 0 Å². The number of hydrogen-bond donors (Lipinski definition) is 1. The second kappa shape index (κ2) is 5.79. The summed E-state index contributed by atoms with van der Waals surface area (Å²) in [4.78, 5) is 8.32. The van der Waals surface area contributed by atoms with E-state index in [1.165, 1.54) is 6.33 Å². The van der Waals surface area contributed by atoms with E-state index in [9.17, 15) is 0 Å². The van der Waals surface area contributed by atoms with Crippen molar-refractivity contribution in [2.75, 3.05) is 19.7 Å². The number of ether oxygens (including phenoxy) is 1. The number of rotatable bonds is 4. The Labute approximate surface area is 111 Å². The van der Waals surface area contributed by atoms with Crippen LogP contribution in [0.25, 0.3) is 5.82 Å². The standard InChI is InChI=1S/C13H17N5O/c1-4-17-18(7-1)12-8-13(16-10-15-12)19-9-11-2-5-14-6-3-11/h1,4,7-8,10-11,14H,2-3,5-6,9H2. The summed E-state index contributed by atoms with van der Waals surface area (Å²) in [5, 5.41) is 7.49. The van der Waals surface area contributed by atoms with E-state index in [0.29, 0.717) is 11.8 Å². The summed E-state index contributed by atoms with van der Waals surface area (Å²) in [7, 11) is 0. The van der Waals surface area contributed by atoms with Crippen molar-refractivity contribution in [1.29, 1.82) is 0 Å². The molecule has 6 nitrogen and oxygen atoms in total. The summed E-state index contributed by atoms with van der Waals surface area (Å²) in [5.74, 6) is 1.95. The first-order valence-electron chi connectivity index (χ1n) is 6.57. The molecule has 0 bridgehead atoms. The predicted molar refractivity (Wildman–Crippen MR) is 70.2 cm³/mol. The molecule has 0 amide bonds. The molecule has 0 aromatic carbocycles. The van der Waals surface area contributed by atoms with Crippen molar-refractivity contribution in [3.8, 4) is 11.7 Å². The van der Waals surface area contributed by atoms with Gasteiger partial charge in [0.2, 0.25) is 5.88 Å². The molecule has 6 heteroatoms. The monoisotopic (exact) mass is 259 g/mol. The van der Waals surface area contributed by atoms with E-state index in [2.05, 4.69) is 20.4 Å². The largest absolute Gasteiger partial charge is 0.477 e. The molecule has 100 valence electrons. The topological polar surface area (TPSA) is 64.9 Å². The minimum absolute atomic E-state index is 0.610. The van der Waals surface area contributed by atoms with Crippen LogP contribution in [0.5, 0.6) is 5.88 Å². The van der Waals surface area contributed by atoms with Crippen molar-refractivity contribution in [1.82, 2.24) is 25.1 Å². The highest BCUT2D eigenvalue weighted by atomic mass is 16.5. The van der Waals surface area contributed by atoms with E-state index in [1.54, 1.807) is 10.9 Å². The van der Waals surface area contributed by atoms with Crippen molar-refractivity contribution in [2.45, 2.75) is 12.8 Å². The number of nitrogens with zero attached hydrogens (tertiary/aromatic N) is 4. The van der Waals surface area contributed by atoms with Crippen LogP contribution < -0.4 is 10.1 Å². The summed E-state index contributed by atoms with van der Waals surface area (Å²) in [5.41, 5.74) is 0. The van der Waals surface area contributed by atoms with Gasteiger partial charge in [-0.3, -0.25) is 0 Å². The highest BCUT2D eigenvalue weighted by Crippen LogP contribution is 2.15. The minimum Gasteiger partial charge on any atom is -0.477 e. The van der Waals surface area contributed by atoms with Gasteiger partial charge in [0.05, 0.1) is 6.61 Å². The molecule has 0 atom stereocenters. The third-order valence-electron chi connectivity index (χ3n) is 3.29. The van der Waals surface area contributed by atoms with Gasteiger partial charge < -0.3 is 10.1 Å². The van der Waals surface area contributed by atoms with E-state index in [1.807, 2.05) is 18.3 Å². The Morgan fingerprint density at radius 3 is 3.00 bits per heavy atom.